The first-order chi connectivity index (χ1) is 4.83. The number of ether oxygens (including phenoxy) is 1. The Labute approximate surface area is 63.3 Å². The molecule has 1 heterocycles. The van der Waals surface area contributed by atoms with Gasteiger partial charge in [0.1, 0.15) is 6.61 Å². The Balaban J connectivity index is 2.42. The van der Waals surface area contributed by atoms with E-state index >= 15 is 0 Å². The van der Waals surface area contributed by atoms with Crippen molar-refractivity contribution in [3.8, 4) is 5.88 Å². The van der Waals surface area contributed by atoms with Crippen LogP contribution in [0.5, 0.6) is 5.88 Å². The number of thiazole rings is 1. The number of rotatable bonds is 3. The van der Waals surface area contributed by atoms with Gasteiger partial charge in [0, 0.05) is 0 Å². The van der Waals surface area contributed by atoms with Crippen LogP contribution in [0.3, 0.4) is 0 Å². The van der Waals surface area contributed by atoms with Crippen molar-refractivity contribution in [2.24, 2.45) is 0 Å². The average molecular weight is 159 g/mol. The number of aliphatic hydroxyl groups excluding tert-OH is 1. The van der Waals surface area contributed by atoms with Gasteiger partial charge in [0.2, 0.25) is 5.88 Å². The second-order valence-corrected chi connectivity index (χ2v) is 2.84. The Morgan fingerprint density at radius 3 is 3.10 bits per heavy atom. The fourth-order valence-corrected chi connectivity index (χ4v) is 1.09. The zero-order chi connectivity index (χ0) is 7.40. The van der Waals surface area contributed by atoms with E-state index in [0.29, 0.717) is 12.5 Å². The van der Waals surface area contributed by atoms with Crippen molar-refractivity contribution in [1.29, 1.82) is 0 Å². The van der Waals surface area contributed by atoms with Crippen LogP contribution in [0.2, 0.25) is 0 Å². The van der Waals surface area contributed by atoms with Gasteiger partial charge in [-0.15, -0.1) is 11.3 Å². The molecule has 0 saturated carbocycles. The lowest BCUT2D eigenvalue weighted by molar-refractivity contribution is 0.197. The van der Waals surface area contributed by atoms with Gasteiger partial charge in [-0.3, -0.25) is 0 Å². The van der Waals surface area contributed by atoms with E-state index < -0.39 is 0 Å². The molecule has 0 atom stereocenters. The van der Waals surface area contributed by atoms with Crippen molar-refractivity contribution in [1.82, 2.24) is 4.98 Å². The van der Waals surface area contributed by atoms with E-state index in [9.17, 15) is 0 Å². The molecule has 3 nitrogen and oxygen atoms in total. The maximum absolute atomic E-state index is 8.38. The van der Waals surface area contributed by atoms with Crippen LogP contribution in [-0.4, -0.2) is 23.3 Å². The first-order valence-electron chi connectivity index (χ1n) is 2.98. The molecule has 56 valence electrons. The van der Waals surface area contributed by atoms with E-state index in [4.69, 9.17) is 9.84 Å². The Kier molecular flexibility index (Phi) is 2.65. The van der Waals surface area contributed by atoms with Gasteiger partial charge in [-0.05, 0) is 6.92 Å². The summed E-state index contributed by atoms with van der Waals surface area (Å²) in [6.07, 6.45) is 0. The van der Waals surface area contributed by atoms with Crippen molar-refractivity contribution in [2.75, 3.05) is 13.2 Å². The minimum Gasteiger partial charge on any atom is -0.475 e. The summed E-state index contributed by atoms with van der Waals surface area (Å²) >= 11 is 1.54. The third-order valence-electron chi connectivity index (χ3n) is 0.939. The van der Waals surface area contributed by atoms with Crippen LogP contribution in [0.15, 0.2) is 5.38 Å². The highest BCUT2D eigenvalue weighted by molar-refractivity contribution is 7.09. The highest BCUT2D eigenvalue weighted by atomic mass is 32.1. The van der Waals surface area contributed by atoms with Crippen molar-refractivity contribution >= 4 is 11.3 Å². The van der Waals surface area contributed by atoms with Crippen LogP contribution < -0.4 is 4.74 Å². The predicted molar refractivity (Wildman–Crippen MR) is 39.4 cm³/mol. The first-order valence-corrected chi connectivity index (χ1v) is 3.86. The van der Waals surface area contributed by atoms with Crippen molar-refractivity contribution < 1.29 is 9.84 Å². The quantitative estimate of drug-likeness (QED) is 0.710. The van der Waals surface area contributed by atoms with Gasteiger partial charge in [0.25, 0.3) is 0 Å². The van der Waals surface area contributed by atoms with Crippen LogP contribution in [0, 0.1) is 6.92 Å². The lowest BCUT2D eigenvalue weighted by Crippen LogP contribution is -2.01. The van der Waals surface area contributed by atoms with Crippen LogP contribution in [0.25, 0.3) is 0 Å². The molecule has 1 N–H and O–H groups in total. The van der Waals surface area contributed by atoms with E-state index in [-0.39, 0.29) is 6.61 Å². The van der Waals surface area contributed by atoms with E-state index in [0.717, 1.165) is 5.01 Å². The fourth-order valence-electron chi connectivity index (χ4n) is 0.560. The number of aromatic nitrogens is 1. The zero-order valence-electron chi connectivity index (χ0n) is 5.70. The number of hydrogen-bond donors (Lipinski definition) is 1. The second-order valence-electron chi connectivity index (χ2n) is 1.78. The maximum Gasteiger partial charge on any atom is 0.224 e. The molecule has 0 aromatic carbocycles. The Morgan fingerprint density at radius 2 is 2.60 bits per heavy atom. The molecule has 0 spiro atoms. The number of aliphatic hydroxyl groups is 1. The van der Waals surface area contributed by atoms with Crippen LogP contribution >= 0.6 is 11.3 Å². The summed E-state index contributed by atoms with van der Waals surface area (Å²) < 4.78 is 5.03. The summed E-state index contributed by atoms with van der Waals surface area (Å²) in [6.45, 7) is 2.27. The van der Waals surface area contributed by atoms with E-state index in [2.05, 4.69) is 4.98 Å². The molecule has 0 unspecified atom stereocenters. The van der Waals surface area contributed by atoms with Crippen LogP contribution in [0.1, 0.15) is 5.01 Å². The molecule has 1 rings (SSSR count). The minimum atomic E-state index is 0.0383. The lowest BCUT2D eigenvalue weighted by atomic mass is 10.7. The molecule has 0 saturated heterocycles. The summed E-state index contributed by atoms with van der Waals surface area (Å²) in [6, 6.07) is 0. The van der Waals surface area contributed by atoms with Crippen molar-refractivity contribution in [3.63, 3.8) is 0 Å². The number of hydrogen-bond acceptors (Lipinski definition) is 4. The third-order valence-corrected chi connectivity index (χ3v) is 1.69. The molecule has 0 aliphatic heterocycles. The standard InChI is InChI=1S/C6H9NO2S/c1-5-7-6(4-10-5)9-3-2-8/h4,8H,2-3H2,1H3. The molecule has 0 radical (unpaired) electrons. The molecule has 0 aliphatic carbocycles. The van der Waals surface area contributed by atoms with Gasteiger partial charge < -0.3 is 9.84 Å². The molecule has 1 aromatic heterocycles. The molecule has 0 aliphatic rings. The second kappa shape index (κ2) is 3.53. The summed E-state index contributed by atoms with van der Waals surface area (Å²) in [7, 11) is 0. The monoisotopic (exact) mass is 159 g/mol. The normalized spacial score (nSPS) is 9.80. The van der Waals surface area contributed by atoms with Crippen molar-refractivity contribution in [2.45, 2.75) is 6.92 Å². The van der Waals surface area contributed by atoms with E-state index in [1.165, 1.54) is 11.3 Å². The van der Waals surface area contributed by atoms with Gasteiger partial charge in [-0.25, -0.2) is 4.98 Å². The molecular weight excluding hydrogens is 150 g/mol. The smallest absolute Gasteiger partial charge is 0.224 e. The Morgan fingerprint density at radius 1 is 1.80 bits per heavy atom. The summed E-state index contributed by atoms with van der Waals surface area (Å²) in [4.78, 5) is 4.03. The van der Waals surface area contributed by atoms with E-state index in [1.54, 1.807) is 0 Å². The van der Waals surface area contributed by atoms with Gasteiger partial charge in [0.15, 0.2) is 0 Å². The Bertz CT molecular complexity index is 199. The molecule has 0 fully saturated rings. The summed E-state index contributed by atoms with van der Waals surface area (Å²) in [5, 5.41) is 11.2. The van der Waals surface area contributed by atoms with Gasteiger partial charge in [-0.2, -0.15) is 0 Å². The maximum atomic E-state index is 8.38. The molecule has 1 aromatic rings. The largest absolute Gasteiger partial charge is 0.475 e. The van der Waals surface area contributed by atoms with Gasteiger partial charge >= 0.3 is 0 Å². The highest BCUT2D eigenvalue weighted by Crippen LogP contribution is 2.14. The fraction of sp³-hybridized carbons (Fsp3) is 0.500. The minimum absolute atomic E-state index is 0.0383. The van der Waals surface area contributed by atoms with Crippen LogP contribution in [0.4, 0.5) is 0 Å². The summed E-state index contributed by atoms with van der Waals surface area (Å²) in [5.74, 6) is 0.608. The van der Waals surface area contributed by atoms with E-state index in [1.807, 2.05) is 12.3 Å². The molecule has 4 heteroatoms. The lowest BCUT2D eigenvalue weighted by Gasteiger charge is -1.96. The first kappa shape index (κ1) is 7.50. The number of aryl methyl sites for hydroxylation is 1. The average Bonchev–Trinajstić information content (AvgIpc) is 2.31. The Hall–Kier alpha value is -0.610. The zero-order valence-corrected chi connectivity index (χ0v) is 6.52. The molecular formula is C6H9NO2S. The third kappa shape index (κ3) is 1.97. The molecule has 10 heavy (non-hydrogen) atoms. The SMILES string of the molecule is Cc1nc(OCCO)cs1. The van der Waals surface area contributed by atoms with Gasteiger partial charge in [0.05, 0.1) is 17.0 Å². The van der Waals surface area contributed by atoms with Crippen LogP contribution in [-0.2, 0) is 0 Å². The van der Waals surface area contributed by atoms with Crippen molar-refractivity contribution in [3.05, 3.63) is 10.4 Å². The number of nitrogens with zero attached hydrogens (tertiary/aromatic N) is 1. The topological polar surface area (TPSA) is 42.4 Å². The highest BCUT2D eigenvalue weighted by Gasteiger charge is 1.96. The molecule has 0 bridgehead atoms. The van der Waals surface area contributed by atoms with Gasteiger partial charge in [-0.1, -0.05) is 0 Å². The molecule has 0 amide bonds. The summed E-state index contributed by atoms with van der Waals surface area (Å²) in [5.41, 5.74) is 0. The predicted octanol–water partition coefficient (Wildman–Crippen LogP) is 0.823.